The number of allylic oxidation sites excluding steroid dienone is 4. The number of esters is 4. The first-order valence-electron chi connectivity index (χ1n) is 39.3. The minimum atomic E-state index is -1.09. The van der Waals surface area contributed by atoms with Gasteiger partial charge in [-0.15, -0.1) is 0 Å². The Morgan fingerprint density at radius 1 is 0.420 bits per heavy atom. The summed E-state index contributed by atoms with van der Waals surface area (Å²) in [4.78, 5) is 54.4. The molecule has 8 rings (SSSR count). The lowest BCUT2D eigenvalue weighted by molar-refractivity contribution is -0.156. The lowest BCUT2D eigenvalue weighted by Crippen LogP contribution is -2.45. The fourth-order valence-electron chi connectivity index (χ4n) is 15.6. The van der Waals surface area contributed by atoms with Crippen LogP contribution in [0.1, 0.15) is 321 Å². The predicted octanol–water partition coefficient (Wildman–Crippen LogP) is 22.7. The van der Waals surface area contributed by atoms with E-state index in [1.54, 1.807) is 12.1 Å². The highest BCUT2D eigenvalue weighted by Gasteiger charge is 2.48. The Kier molecular flexibility index (Phi) is 31.2. The molecule has 12 nitrogen and oxygen atoms in total. The second-order valence-electron chi connectivity index (χ2n) is 32.3. The van der Waals surface area contributed by atoms with Crippen LogP contribution in [-0.2, 0) is 57.7 Å². The molecule has 6 atom stereocenters. The van der Waals surface area contributed by atoms with E-state index in [1.807, 2.05) is 24.3 Å². The van der Waals surface area contributed by atoms with E-state index in [0.29, 0.717) is 59.1 Å². The van der Waals surface area contributed by atoms with Gasteiger partial charge in [-0.2, -0.15) is 0 Å². The van der Waals surface area contributed by atoms with Gasteiger partial charge in [-0.1, -0.05) is 182 Å². The summed E-state index contributed by atoms with van der Waals surface area (Å²) >= 11 is 0. The van der Waals surface area contributed by atoms with Crippen molar-refractivity contribution in [1.82, 2.24) is 0 Å². The summed E-state index contributed by atoms with van der Waals surface area (Å²) in [6.45, 7) is 35.0. The van der Waals surface area contributed by atoms with Crippen molar-refractivity contribution >= 4 is 23.9 Å². The van der Waals surface area contributed by atoms with E-state index in [1.165, 1.54) is 24.0 Å². The van der Waals surface area contributed by atoms with E-state index < -0.39 is 23.9 Å². The van der Waals surface area contributed by atoms with Gasteiger partial charge in [0.05, 0.1) is 0 Å². The maximum absolute atomic E-state index is 13.6. The van der Waals surface area contributed by atoms with Crippen LogP contribution in [0.4, 0.5) is 0 Å². The molecule has 552 valence electrons. The normalized spacial score (nSPS) is 18.5. The molecule has 0 spiro atoms. The Morgan fingerprint density at radius 3 is 1.05 bits per heavy atom. The molecule has 4 aliphatic rings. The molecule has 0 saturated carbocycles. The molecule has 0 bridgehead atoms. The molecular weight excluding hydrogens is 1250 g/mol. The first-order chi connectivity index (χ1) is 47.6. The molecule has 4 aromatic rings. The number of carbonyl (C=O) groups is 4. The number of carbonyl (C=O) groups excluding carboxylic acids is 4. The van der Waals surface area contributed by atoms with Crippen LogP contribution in [0.5, 0.6) is 46.0 Å². The van der Waals surface area contributed by atoms with Gasteiger partial charge >= 0.3 is 23.9 Å². The average molecular weight is 1380 g/mol. The van der Waals surface area contributed by atoms with Gasteiger partial charge in [-0.25, -0.2) is 19.2 Å². The predicted molar refractivity (Wildman–Crippen MR) is 405 cm³/mol. The summed E-state index contributed by atoms with van der Waals surface area (Å²) in [5, 5.41) is 22.4. The van der Waals surface area contributed by atoms with E-state index in [9.17, 15) is 29.4 Å². The SMILES string of the molecule is CCCCCc1cc(O)c(CC[C@@H](C)CCCC(C)C)c(OC(=O)C(=O)Oc2cc(CCCCC)cc3c2[C@@H]2C=C(C)CC[C@H]2C(C)(C)O3)c1.CCCCCc1cc(O)c(CC[C@H](C)CCCC(C)C)c(OC(=O)C(=O)Oc2cc(CCCCC)cc3c2[C@@H]2C=C(C)CC[C@H]2C(C)(C)O3)c1. The minimum Gasteiger partial charge on any atom is -0.508 e. The summed E-state index contributed by atoms with van der Waals surface area (Å²) in [5.74, 6) is 1.31. The van der Waals surface area contributed by atoms with Crippen LogP contribution >= 0.6 is 0 Å². The monoisotopic (exact) mass is 1380 g/mol. The zero-order chi connectivity index (χ0) is 72.8. The molecule has 2 aliphatic heterocycles. The van der Waals surface area contributed by atoms with Crippen molar-refractivity contribution in [2.24, 2.45) is 35.5 Å². The maximum atomic E-state index is 13.6. The quantitative estimate of drug-likeness (QED) is 0.0150. The van der Waals surface area contributed by atoms with Gasteiger partial charge in [-0.05, 0) is 239 Å². The largest absolute Gasteiger partial charge is 0.508 e. The van der Waals surface area contributed by atoms with E-state index in [0.717, 1.165) is 212 Å². The molecule has 0 amide bonds. The Labute approximate surface area is 602 Å². The first kappa shape index (κ1) is 80.7. The minimum absolute atomic E-state index is 0.0110. The molecule has 0 unspecified atom stereocenters. The molecule has 0 aromatic heterocycles. The number of fused-ring (bicyclic) bond motifs is 6. The molecule has 2 aliphatic carbocycles. The van der Waals surface area contributed by atoms with Crippen LogP contribution in [0.2, 0.25) is 0 Å². The Morgan fingerprint density at radius 2 is 0.730 bits per heavy atom. The van der Waals surface area contributed by atoms with Gasteiger partial charge in [0.15, 0.2) is 0 Å². The van der Waals surface area contributed by atoms with Crippen molar-refractivity contribution in [3.63, 3.8) is 0 Å². The zero-order valence-electron chi connectivity index (χ0n) is 64.6. The molecule has 0 saturated heterocycles. The molecule has 0 fully saturated rings. The molecule has 2 N–H and O–H groups in total. The summed E-state index contributed by atoms with van der Waals surface area (Å²) in [6.07, 6.45) is 34.1. The van der Waals surface area contributed by atoms with Gasteiger partial charge in [0.25, 0.3) is 0 Å². The number of benzene rings is 4. The van der Waals surface area contributed by atoms with Gasteiger partial charge in [-0.3, -0.25) is 0 Å². The summed E-state index contributed by atoms with van der Waals surface area (Å²) in [5.41, 5.74) is 8.45. The molecule has 0 radical (unpaired) electrons. The molecule has 100 heavy (non-hydrogen) atoms. The molecule has 2 heterocycles. The van der Waals surface area contributed by atoms with Crippen molar-refractivity contribution in [3.8, 4) is 46.0 Å². The Bertz CT molecular complexity index is 3190. The number of hydrogen-bond acceptors (Lipinski definition) is 12. The fraction of sp³-hybridized carbons (Fsp3) is 0.636. The Balaban J connectivity index is 0.000000281. The average Bonchev–Trinajstić information content (AvgIpc) is 0.746. The zero-order valence-corrected chi connectivity index (χ0v) is 64.6. The third kappa shape index (κ3) is 23.2. The van der Waals surface area contributed by atoms with Gasteiger partial charge < -0.3 is 38.6 Å². The second kappa shape index (κ2) is 38.6. The van der Waals surface area contributed by atoms with E-state index in [-0.39, 0.29) is 57.9 Å². The van der Waals surface area contributed by atoms with Crippen LogP contribution in [0.3, 0.4) is 0 Å². The van der Waals surface area contributed by atoms with Crippen molar-refractivity contribution in [2.45, 2.75) is 326 Å². The number of rotatable bonds is 34. The third-order valence-electron chi connectivity index (χ3n) is 21.7. The lowest BCUT2D eigenvalue weighted by Gasteiger charge is -2.46. The number of phenols is 2. The highest BCUT2D eigenvalue weighted by molar-refractivity contribution is 6.31. The van der Waals surface area contributed by atoms with E-state index >= 15 is 0 Å². The number of phenolic OH excluding ortho intramolecular Hbond substituents is 2. The molecular formula is C88H128O12. The van der Waals surface area contributed by atoms with Crippen LogP contribution in [0, 0.1) is 35.5 Å². The Hall–Kier alpha value is -6.56. The van der Waals surface area contributed by atoms with Crippen molar-refractivity contribution in [1.29, 1.82) is 0 Å². The van der Waals surface area contributed by atoms with Gasteiger partial charge in [0, 0.05) is 45.9 Å². The smallest absolute Gasteiger partial charge is 0.423 e. The second-order valence-corrected chi connectivity index (χ2v) is 32.3. The first-order valence-corrected chi connectivity index (χ1v) is 39.3. The van der Waals surface area contributed by atoms with Crippen molar-refractivity contribution in [2.75, 3.05) is 0 Å². The van der Waals surface area contributed by atoms with Crippen molar-refractivity contribution < 1.29 is 57.8 Å². The maximum Gasteiger partial charge on any atom is 0.423 e. The van der Waals surface area contributed by atoms with Gasteiger partial charge in [0.1, 0.15) is 57.2 Å². The summed E-state index contributed by atoms with van der Waals surface area (Å²) in [7, 11) is 0. The van der Waals surface area contributed by atoms with Crippen LogP contribution < -0.4 is 28.4 Å². The van der Waals surface area contributed by atoms with Crippen LogP contribution in [0.15, 0.2) is 71.8 Å². The molecule has 4 aromatic carbocycles. The number of unbranched alkanes of at least 4 members (excludes halogenated alkanes) is 8. The molecule has 12 heteroatoms. The summed E-state index contributed by atoms with van der Waals surface area (Å²) in [6, 6.07) is 15.3. The number of ether oxygens (including phenoxy) is 6. The van der Waals surface area contributed by atoms with Crippen molar-refractivity contribution in [3.05, 3.63) is 116 Å². The van der Waals surface area contributed by atoms with E-state index in [4.69, 9.17) is 28.4 Å². The number of aromatic hydroxyl groups is 2. The van der Waals surface area contributed by atoms with Gasteiger partial charge in [0.2, 0.25) is 0 Å². The number of aryl methyl sites for hydroxylation is 4. The third-order valence-corrected chi connectivity index (χ3v) is 21.7. The topological polar surface area (TPSA) is 164 Å². The highest BCUT2D eigenvalue weighted by Crippen LogP contribution is 2.56. The fourth-order valence-corrected chi connectivity index (χ4v) is 15.6. The van der Waals surface area contributed by atoms with Crippen LogP contribution in [-0.4, -0.2) is 45.3 Å². The summed E-state index contributed by atoms with van der Waals surface area (Å²) < 4.78 is 37.0. The highest BCUT2D eigenvalue weighted by atomic mass is 16.6. The van der Waals surface area contributed by atoms with Crippen LogP contribution in [0.25, 0.3) is 0 Å². The van der Waals surface area contributed by atoms with E-state index in [2.05, 4.69) is 135 Å². The lowest BCUT2D eigenvalue weighted by atomic mass is 9.68. The standard InChI is InChI=1S/2C44H64O6/c2*1-9-11-13-18-32-25-37(45)34(22-20-30(5)17-15-16-29(3)4)38(26-32)48-42(46)43(47)49-39-27-33(19-14-12-10-2)28-40-41(39)35-24-31(6)21-23-36(35)44(7,8)50-40/h2*24-30,35-36,45H,9-23H2,1-8H3/t30-,35+,36+;30-,35-,36-/m01/s1. The number of hydrogen-bond donors (Lipinski definition) is 2.